The molecule has 5 nitrogen and oxygen atoms in total. The Hall–Kier alpha value is -1.21. The Balaban J connectivity index is 2.08. The zero-order valence-electron chi connectivity index (χ0n) is 9.52. The zero-order valence-corrected chi connectivity index (χ0v) is 9.52. The van der Waals surface area contributed by atoms with Crippen LogP contribution in [0, 0.1) is 0 Å². The third-order valence-electron chi connectivity index (χ3n) is 2.80. The van der Waals surface area contributed by atoms with Crippen molar-refractivity contribution in [3.8, 4) is 5.75 Å². The largest absolute Gasteiger partial charge is 0.462 e. The lowest BCUT2D eigenvalue weighted by Crippen LogP contribution is -2.58. The molecule has 0 amide bonds. The highest BCUT2D eigenvalue weighted by Crippen LogP contribution is 2.25. The molecule has 1 aliphatic rings. The molecule has 3 N–H and O–H groups in total. The monoisotopic (exact) mass is 258 g/mol. The van der Waals surface area contributed by atoms with Crippen molar-refractivity contribution in [2.45, 2.75) is 30.8 Å². The van der Waals surface area contributed by atoms with Crippen LogP contribution in [0.1, 0.15) is 0 Å². The lowest BCUT2D eigenvalue weighted by atomic mass is 10.0. The van der Waals surface area contributed by atoms with E-state index in [-0.39, 0.29) is 0 Å². The molecule has 0 saturated carbocycles. The van der Waals surface area contributed by atoms with Gasteiger partial charge in [0, 0.05) is 0 Å². The van der Waals surface area contributed by atoms with Crippen LogP contribution in [0.4, 0.5) is 4.39 Å². The number of aliphatic hydroxyl groups is 3. The first-order valence-electron chi connectivity index (χ1n) is 5.61. The Morgan fingerprint density at radius 1 is 1.17 bits per heavy atom. The van der Waals surface area contributed by atoms with Crippen LogP contribution in [0.25, 0.3) is 0 Å². The fourth-order valence-electron chi connectivity index (χ4n) is 1.77. The Kier molecular flexibility index (Phi) is 4.13. The van der Waals surface area contributed by atoms with Crippen LogP contribution in [0.15, 0.2) is 30.3 Å². The molecule has 6 heteroatoms. The van der Waals surface area contributed by atoms with Crippen LogP contribution in [0.3, 0.4) is 0 Å². The van der Waals surface area contributed by atoms with Gasteiger partial charge in [-0.1, -0.05) is 18.2 Å². The van der Waals surface area contributed by atoms with Gasteiger partial charge >= 0.3 is 0 Å². The summed E-state index contributed by atoms with van der Waals surface area (Å²) in [7, 11) is 0. The summed E-state index contributed by atoms with van der Waals surface area (Å²) in [6.45, 7) is -0.553. The summed E-state index contributed by atoms with van der Waals surface area (Å²) < 4.78 is 24.0. The molecule has 1 fully saturated rings. The summed E-state index contributed by atoms with van der Waals surface area (Å²) in [6.07, 6.45) is -7.48. The molecule has 1 aromatic carbocycles. The van der Waals surface area contributed by atoms with Gasteiger partial charge in [0.1, 0.15) is 24.1 Å². The van der Waals surface area contributed by atoms with Gasteiger partial charge < -0.3 is 24.8 Å². The Morgan fingerprint density at radius 2 is 1.83 bits per heavy atom. The lowest BCUT2D eigenvalue weighted by Gasteiger charge is -2.38. The quantitative estimate of drug-likeness (QED) is 0.702. The van der Waals surface area contributed by atoms with Crippen LogP contribution >= 0.6 is 0 Å². The van der Waals surface area contributed by atoms with Crippen molar-refractivity contribution < 1.29 is 29.2 Å². The molecule has 18 heavy (non-hydrogen) atoms. The molecule has 0 aromatic heterocycles. The van der Waals surface area contributed by atoms with Crippen LogP contribution in [0.5, 0.6) is 5.75 Å². The van der Waals surface area contributed by atoms with Crippen LogP contribution in [-0.4, -0.2) is 52.7 Å². The minimum Gasteiger partial charge on any atom is -0.462 e. The van der Waals surface area contributed by atoms with E-state index < -0.39 is 37.4 Å². The van der Waals surface area contributed by atoms with E-state index in [1.54, 1.807) is 30.3 Å². The lowest BCUT2D eigenvalue weighted by molar-refractivity contribution is -0.265. The fraction of sp³-hybridized carbons (Fsp3) is 0.500. The summed E-state index contributed by atoms with van der Waals surface area (Å²) in [4.78, 5) is 0. The van der Waals surface area contributed by atoms with Gasteiger partial charge in [-0.2, -0.15) is 0 Å². The standard InChI is InChI=1S/C12H15FO5/c13-9-10(15)8(6-14)18-12(11(9)16)17-7-4-2-1-3-5-7/h1-5,8-12,14-16H,6H2/t8-,9+,10-,11-,12+/m1/s1. The molecular formula is C12H15FO5. The third-order valence-corrected chi connectivity index (χ3v) is 2.80. The minimum absolute atomic E-state index is 0.404. The Morgan fingerprint density at radius 3 is 2.44 bits per heavy atom. The Bertz CT molecular complexity index is 372. The molecule has 0 spiro atoms. The number of benzene rings is 1. The van der Waals surface area contributed by atoms with Gasteiger partial charge in [-0.25, -0.2) is 4.39 Å². The van der Waals surface area contributed by atoms with Crippen LogP contribution in [0.2, 0.25) is 0 Å². The van der Waals surface area contributed by atoms with E-state index in [2.05, 4.69) is 0 Å². The highest BCUT2D eigenvalue weighted by Gasteiger charge is 2.45. The normalized spacial score (nSPS) is 36.3. The number of para-hydroxylation sites is 1. The van der Waals surface area contributed by atoms with Crippen molar-refractivity contribution in [1.29, 1.82) is 0 Å². The van der Waals surface area contributed by atoms with Gasteiger partial charge in [0.2, 0.25) is 6.29 Å². The van der Waals surface area contributed by atoms with Gasteiger partial charge in [-0.3, -0.25) is 0 Å². The van der Waals surface area contributed by atoms with Gasteiger partial charge in [-0.05, 0) is 12.1 Å². The number of rotatable bonds is 3. The number of alkyl halides is 1. The Labute approximate surface area is 103 Å². The SMILES string of the molecule is OC[C@H]1O[C@H](Oc2ccccc2)[C@H](O)[C@@H](F)[C@@H]1O. The highest BCUT2D eigenvalue weighted by molar-refractivity contribution is 5.21. The van der Waals surface area contributed by atoms with E-state index in [1.807, 2.05) is 0 Å². The second-order valence-corrected chi connectivity index (χ2v) is 4.08. The van der Waals surface area contributed by atoms with Crippen molar-refractivity contribution in [3.05, 3.63) is 30.3 Å². The van der Waals surface area contributed by atoms with Crippen molar-refractivity contribution in [1.82, 2.24) is 0 Å². The maximum absolute atomic E-state index is 13.6. The summed E-state index contributed by atoms with van der Waals surface area (Å²) >= 11 is 0. The van der Waals surface area contributed by atoms with E-state index in [4.69, 9.17) is 14.6 Å². The van der Waals surface area contributed by atoms with Gasteiger partial charge in [0.25, 0.3) is 0 Å². The minimum atomic E-state index is -1.93. The molecule has 0 unspecified atom stereocenters. The first-order valence-corrected chi connectivity index (χ1v) is 5.61. The fourth-order valence-corrected chi connectivity index (χ4v) is 1.77. The molecule has 1 heterocycles. The van der Waals surface area contributed by atoms with Crippen molar-refractivity contribution in [3.63, 3.8) is 0 Å². The summed E-state index contributed by atoms with van der Waals surface area (Å²) in [5, 5.41) is 28.0. The molecular weight excluding hydrogens is 243 g/mol. The molecule has 0 radical (unpaired) electrons. The molecule has 1 saturated heterocycles. The van der Waals surface area contributed by atoms with Crippen molar-refractivity contribution >= 4 is 0 Å². The number of ether oxygens (including phenoxy) is 2. The molecule has 1 aliphatic heterocycles. The molecule has 0 bridgehead atoms. The van der Waals surface area contributed by atoms with Crippen molar-refractivity contribution in [2.24, 2.45) is 0 Å². The van der Waals surface area contributed by atoms with E-state index in [9.17, 15) is 14.6 Å². The number of aliphatic hydroxyl groups excluding tert-OH is 3. The average molecular weight is 258 g/mol. The van der Waals surface area contributed by atoms with E-state index >= 15 is 0 Å². The van der Waals surface area contributed by atoms with E-state index in [0.717, 1.165) is 0 Å². The maximum atomic E-state index is 13.6. The van der Waals surface area contributed by atoms with Gasteiger partial charge in [0.15, 0.2) is 6.17 Å². The molecule has 0 aliphatic carbocycles. The number of halogens is 1. The number of hydrogen-bond acceptors (Lipinski definition) is 5. The molecule has 100 valence electrons. The summed E-state index contributed by atoms with van der Waals surface area (Å²) in [5.41, 5.74) is 0. The molecule has 1 aromatic rings. The maximum Gasteiger partial charge on any atom is 0.229 e. The summed E-state index contributed by atoms with van der Waals surface area (Å²) in [6, 6.07) is 8.47. The smallest absolute Gasteiger partial charge is 0.229 e. The predicted octanol–water partition coefficient (Wildman–Crippen LogP) is -0.157. The van der Waals surface area contributed by atoms with Crippen LogP contribution in [-0.2, 0) is 4.74 Å². The van der Waals surface area contributed by atoms with Crippen molar-refractivity contribution in [2.75, 3.05) is 6.61 Å². The van der Waals surface area contributed by atoms with Crippen LogP contribution < -0.4 is 4.74 Å². The topological polar surface area (TPSA) is 79.2 Å². The number of hydrogen-bond donors (Lipinski definition) is 3. The van der Waals surface area contributed by atoms with E-state index in [0.29, 0.717) is 5.75 Å². The second kappa shape index (κ2) is 5.62. The average Bonchev–Trinajstić information content (AvgIpc) is 2.40. The first kappa shape index (κ1) is 13.2. The molecule has 5 atom stereocenters. The first-order chi connectivity index (χ1) is 8.63. The van der Waals surface area contributed by atoms with E-state index in [1.165, 1.54) is 0 Å². The molecule has 2 rings (SSSR count). The third kappa shape index (κ3) is 2.62. The van der Waals surface area contributed by atoms with Gasteiger partial charge in [0.05, 0.1) is 6.61 Å². The zero-order chi connectivity index (χ0) is 13.1. The second-order valence-electron chi connectivity index (χ2n) is 4.08. The highest BCUT2D eigenvalue weighted by atomic mass is 19.1. The van der Waals surface area contributed by atoms with Gasteiger partial charge in [-0.15, -0.1) is 0 Å². The summed E-state index contributed by atoms with van der Waals surface area (Å²) in [5.74, 6) is 0.404. The predicted molar refractivity (Wildman–Crippen MR) is 59.7 cm³/mol.